The number of hydrogen-bond donors (Lipinski definition) is 1. The first kappa shape index (κ1) is 9.63. The molecule has 1 N–H and O–H groups in total. The molecule has 1 rings (SSSR count). The van der Waals surface area contributed by atoms with Gasteiger partial charge in [-0.2, -0.15) is 0 Å². The molecule has 0 bridgehead atoms. The molecule has 1 fully saturated rings. The molecule has 0 amide bonds. The molecule has 1 aliphatic rings. The molecule has 1 saturated carbocycles. The molecule has 1 unspecified atom stereocenters. The molecule has 0 aromatic carbocycles. The Morgan fingerprint density at radius 2 is 2.33 bits per heavy atom. The van der Waals surface area contributed by atoms with Crippen LogP contribution < -0.4 is 5.32 Å². The monoisotopic (exact) mass is 167 g/mol. The maximum Gasteiger partial charge on any atom is 0.0112 e. The van der Waals surface area contributed by atoms with Crippen LogP contribution in [0.2, 0.25) is 0 Å². The Bertz CT molecular complexity index is 162. The van der Waals surface area contributed by atoms with E-state index >= 15 is 0 Å². The van der Waals surface area contributed by atoms with Gasteiger partial charge >= 0.3 is 0 Å². The minimum Gasteiger partial charge on any atom is -0.391 e. The summed E-state index contributed by atoms with van der Waals surface area (Å²) in [6, 6.07) is 0. The lowest BCUT2D eigenvalue weighted by atomic mass is 9.81. The summed E-state index contributed by atoms with van der Waals surface area (Å²) in [5.41, 5.74) is 0.460. The minimum absolute atomic E-state index is 0.460. The van der Waals surface area contributed by atoms with Gasteiger partial charge in [0.2, 0.25) is 0 Å². The third-order valence-corrected chi connectivity index (χ3v) is 3.26. The van der Waals surface area contributed by atoms with E-state index in [1.165, 1.54) is 19.3 Å². The second-order valence-corrected chi connectivity index (χ2v) is 4.19. The second kappa shape index (κ2) is 3.97. The average molecular weight is 167 g/mol. The van der Waals surface area contributed by atoms with Gasteiger partial charge in [0.25, 0.3) is 0 Å². The lowest BCUT2D eigenvalue weighted by Gasteiger charge is -2.24. The van der Waals surface area contributed by atoms with Crippen molar-refractivity contribution in [2.45, 2.75) is 40.0 Å². The minimum atomic E-state index is 0.460. The lowest BCUT2D eigenvalue weighted by Crippen LogP contribution is -2.17. The van der Waals surface area contributed by atoms with Crippen molar-refractivity contribution in [3.63, 3.8) is 0 Å². The first-order chi connectivity index (χ1) is 5.69. The molecule has 1 aliphatic carbocycles. The van der Waals surface area contributed by atoms with Crippen LogP contribution in [0, 0.1) is 11.3 Å². The number of hydrogen-bond acceptors (Lipinski definition) is 1. The molecule has 0 heterocycles. The zero-order chi connectivity index (χ0) is 9.03. The van der Waals surface area contributed by atoms with E-state index in [1.54, 1.807) is 0 Å². The molecule has 0 radical (unpaired) electrons. The summed E-state index contributed by atoms with van der Waals surface area (Å²) in [4.78, 5) is 0. The largest absolute Gasteiger partial charge is 0.391 e. The molecule has 70 valence electrons. The van der Waals surface area contributed by atoms with Gasteiger partial charge in [-0.1, -0.05) is 26.3 Å². The smallest absolute Gasteiger partial charge is 0.0112 e. The fraction of sp³-hybridized carbons (Fsp3) is 0.818. The summed E-state index contributed by atoms with van der Waals surface area (Å²) in [5, 5.41) is 3.24. The van der Waals surface area contributed by atoms with Gasteiger partial charge in [0, 0.05) is 6.54 Å². The third-order valence-electron chi connectivity index (χ3n) is 3.26. The van der Waals surface area contributed by atoms with Gasteiger partial charge in [0.15, 0.2) is 0 Å². The van der Waals surface area contributed by atoms with Crippen LogP contribution in [0.15, 0.2) is 12.3 Å². The predicted octanol–water partition coefficient (Wildman–Crippen LogP) is 2.94. The van der Waals surface area contributed by atoms with Gasteiger partial charge in [0.05, 0.1) is 0 Å². The molecule has 0 aliphatic heterocycles. The highest BCUT2D eigenvalue weighted by Gasteiger charge is 2.32. The normalized spacial score (nSPS) is 36.1. The van der Waals surface area contributed by atoms with Crippen molar-refractivity contribution in [3.8, 4) is 0 Å². The summed E-state index contributed by atoms with van der Waals surface area (Å²) in [6.07, 6.45) is 8.63. The van der Waals surface area contributed by atoms with Gasteiger partial charge in [-0.25, -0.2) is 0 Å². The van der Waals surface area contributed by atoms with E-state index in [1.807, 2.05) is 0 Å². The summed E-state index contributed by atoms with van der Waals surface area (Å²) >= 11 is 0. The molecule has 12 heavy (non-hydrogen) atoms. The van der Waals surface area contributed by atoms with E-state index in [4.69, 9.17) is 0 Å². The Kier molecular flexibility index (Phi) is 3.19. The molecular weight excluding hydrogens is 146 g/mol. The van der Waals surface area contributed by atoms with Crippen LogP contribution in [0.3, 0.4) is 0 Å². The van der Waals surface area contributed by atoms with Crippen LogP contribution in [0.25, 0.3) is 0 Å². The summed E-state index contributed by atoms with van der Waals surface area (Å²) in [6.45, 7) is 7.90. The SMILES string of the molecule is CCN/C=C\C1(C)CCC[C@@H]1C. The average Bonchev–Trinajstić information content (AvgIpc) is 2.34. The maximum absolute atomic E-state index is 3.24. The fourth-order valence-electron chi connectivity index (χ4n) is 1.98. The predicted molar refractivity (Wildman–Crippen MR) is 53.9 cm³/mol. The second-order valence-electron chi connectivity index (χ2n) is 4.19. The van der Waals surface area contributed by atoms with Crippen molar-refractivity contribution < 1.29 is 0 Å². The Balaban J connectivity index is 2.47. The lowest BCUT2D eigenvalue weighted by molar-refractivity contribution is 0.330. The van der Waals surface area contributed by atoms with Crippen molar-refractivity contribution in [1.29, 1.82) is 0 Å². The standard InChI is InChI=1S/C11H21N/c1-4-12-9-8-11(3)7-5-6-10(11)2/h8-10,12H,4-7H2,1-3H3/b9-8-/t10-,11?/m0/s1. The van der Waals surface area contributed by atoms with Gasteiger partial charge in [0.1, 0.15) is 0 Å². The van der Waals surface area contributed by atoms with Gasteiger partial charge in [-0.05, 0) is 37.3 Å². The maximum atomic E-state index is 3.24. The highest BCUT2D eigenvalue weighted by molar-refractivity contribution is 5.01. The topological polar surface area (TPSA) is 12.0 Å². The Hall–Kier alpha value is -0.460. The van der Waals surface area contributed by atoms with Crippen molar-refractivity contribution in [1.82, 2.24) is 5.32 Å². The number of rotatable bonds is 3. The Morgan fingerprint density at radius 3 is 2.83 bits per heavy atom. The van der Waals surface area contributed by atoms with E-state index in [9.17, 15) is 0 Å². The van der Waals surface area contributed by atoms with E-state index < -0.39 is 0 Å². The van der Waals surface area contributed by atoms with E-state index in [-0.39, 0.29) is 0 Å². The van der Waals surface area contributed by atoms with Crippen LogP contribution >= 0.6 is 0 Å². The van der Waals surface area contributed by atoms with Crippen molar-refractivity contribution in [2.24, 2.45) is 11.3 Å². The van der Waals surface area contributed by atoms with E-state index in [0.29, 0.717) is 5.41 Å². The molecule has 2 atom stereocenters. The first-order valence-electron chi connectivity index (χ1n) is 5.10. The van der Waals surface area contributed by atoms with Crippen LogP contribution in [0.4, 0.5) is 0 Å². The van der Waals surface area contributed by atoms with Crippen LogP contribution in [-0.2, 0) is 0 Å². The van der Waals surface area contributed by atoms with Crippen molar-refractivity contribution >= 4 is 0 Å². The highest BCUT2D eigenvalue weighted by atomic mass is 14.8. The third kappa shape index (κ3) is 2.02. The summed E-state index contributed by atoms with van der Waals surface area (Å²) in [7, 11) is 0. The highest BCUT2D eigenvalue weighted by Crippen LogP contribution is 2.43. The Morgan fingerprint density at radius 1 is 1.58 bits per heavy atom. The molecule has 1 nitrogen and oxygen atoms in total. The summed E-state index contributed by atoms with van der Waals surface area (Å²) < 4.78 is 0. The molecule has 0 saturated heterocycles. The molecule has 0 aromatic rings. The van der Waals surface area contributed by atoms with Gasteiger partial charge < -0.3 is 5.32 Å². The molecule has 1 heteroatoms. The van der Waals surface area contributed by atoms with Crippen LogP contribution in [0.5, 0.6) is 0 Å². The fourth-order valence-corrected chi connectivity index (χ4v) is 1.98. The van der Waals surface area contributed by atoms with Gasteiger partial charge in [-0.15, -0.1) is 0 Å². The summed E-state index contributed by atoms with van der Waals surface area (Å²) in [5.74, 6) is 0.854. The van der Waals surface area contributed by atoms with Crippen LogP contribution in [0.1, 0.15) is 40.0 Å². The molecule has 0 aromatic heterocycles. The van der Waals surface area contributed by atoms with Crippen molar-refractivity contribution in [2.75, 3.05) is 6.54 Å². The zero-order valence-corrected chi connectivity index (χ0v) is 8.56. The van der Waals surface area contributed by atoms with E-state index in [2.05, 4.69) is 38.4 Å². The number of allylic oxidation sites excluding steroid dienone is 1. The van der Waals surface area contributed by atoms with Crippen LogP contribution in [-0.4, -0.2) is 6.54 Å². The van der Waals surface area contributed by atoms with Crippen molar-refractivity contribution in [3.05, 3.63) is 12.3 Å². The first-order valence-corrected chi connectivity index (χ1v) is 5.10. The quantitative estimate of drug-likeness (QED) is 0.681. The van der Waals surface area contributed by atoms with Gasteiger partial charge in [-0.3, -0.25) is 0 Å². The zero-order valence-electron chi connectivity index (χ0n) is 8.56. The Labute approximate surface area is 76.2 Å². The molecule has 0 spiro atoms. The molecular formula is C11H21N. The van der Waals surface area contributed by atoms with E-state index in [0.717, 1.165) is 12.5 Å². The number of nitrogens with one attached hydrogen (secondary N) is 1.